The minimum atomic E-state index is -0.134. The summed E-state index contributed by atoms with van der Waals surface area (Å²) in [5, 5.41) is 0. The molecule has 0 unspecified atom stereocenters. The van der Waals surface area contributed by atoms with Crippen molar-refractivity contribution in [3.8, 4) is 11.1 Å². The molecular formula is C69H84BNO. The van der Waals surface area contributed by atoms with Gasteiger partial charge in [0.2, 0.25) is 0 Å². The van der Waals surface area contributed by atoms with Crippen molar-refractivity contribution in [1.29, 1.82) is 0 Å². The van der Waals surface area contributed by atoms with Gasteiger partial charge in [-0.3, -0.25) is 0 Å². The Hall–Kier alpha value is -5.02. The van der Waals surface area contributed by atoms with Crippen molar-refractivity contribution in [1.82, 2.24) is 0 Å². The second kappa shape index (κ2) is 15.8. The maximum atomic E-state index is 7.94. The third kappa shape index (κ3) is 7.69. The highest BCUT2D eigenvalue weighted by molar-refractivity contribution is 6.98. The average Bonchev–Trinajstić information content (AvgIpc) is 3.67. The molecule has 0 spiro atoms. The van der Waals surface area contributed by atoms with E-state index in [1.807, 2.05) is 0 Å². The van der Waals surface area contributed by atoms with E-state index in [1.165, 1.54) is 132 Å². The highest BCUT2D eigenvalue weighted by Crippen LogP contribution is 2.56. The maximum absolute atomic E-state index is 7.94. The second-order valence-electron chi connectivity index (χ2n) is 29.4. The Morgan fingerprint density at radius 2 is 1.08 bits per heavy atom. The van der Waals surface area contributed by atoms with E-state index in [0.717, 1.165) is 24.9 Å². The van der Waals surface area contributed by atoms with Gasteiger partial charge in [0.15, 0.2) is 0 Å². The van der Waals surface area contributed by atoms with Crippen molar-refractivity contribution in [2.24, 2.45) is 0 Å². The number of fused-ring (bicyclic) bond motifs is 8. The monoisotopic (exact) mass is 954 g/mol. The lowest BCUT2D eigenvalue weighted by atomic mass is 9.35. The molecule has 0 saturated carbocycles. The Kier molecular flexibility index (Phi) is 10.8. The van der Waals surface area contributed by atoms with Crippen LogP contribution in [0.3, 0.4) is 0 Å². The molecule has 0 fully saturated rings. The molecule has 72 heavy (non-hydrogen) atoms. The van der Waals surface area contributed by atoms with Gasteiger partial charge in [-0.25, -0.2) is 0 Å². The Labute approximate surface area is 435 Å². The van der Waals surface area contributed by atoms with E-state index in [0.29, 0.717) is 0 Å². The molecule has 0 atom stereocenters. The van der Waals surface area contributed by atoms with Crippen molar-refractivity contribution < 1.29 is 4.42 Å². The average molecular weight is 954 g/mol. The molecule has 11 rings (SSSR count). The summed E-state index contributed by atoms with van der Waals surface area (Å²) in [4.78, 5) is 2.72. The number of furan rings is 1. The molecule has 0 saturated heterocycles. The summed E-state index contributed by atoms with van der Waals surface area (Å²) in [6.45, 7) is 43.9. The van der Waals surface area contributed by atoms with Crippen LogP contribution in [0.2, 0.25) is 0 Å². The zero-order valence-electron chi connectivity index (χ0n) is 47.6. The van der Waals surface area contributed by atoms with Gasteiger partial charge in [-0.05, 0) is 168 Å². The molecule has 0 bridgehead atoms. The van der Waals surface area contributed by atoms with Crippen LogP contribution in [0.4, 0.5) is 17.1 Å². The van der Waals surface area contributed by atoms with Gasteiger partial charge in [-0.15, -0.1) is 0 Å². The first-order valence-corrected chi connectivity index (χ1v) is 27.8. The fourth-order valence-corrected chi connectivity index (χ4v) is 13.9. The molecule has 2 nitrogen and oxygen atoms in total. The predicted octanol–water partition coefficient (Wildman–Crippen LogP) is 17.0. The van der Waals surface area contributed by atoms with Crippen molar-refractivity contribution in [3.05, 3.63) is 152 Å². The van der Waals surface area contributed by atoms with Gasteiger partial charge in [0.05, 0.1) is 17.0 Å². The number of hydrogen-bond acceptors (Lipinski definition) is 2. The van der Waals surface area contributed by atoms with E-state index in [4.69, 9.17) is 4.42 Å². The summed E-state index contributed by atoms with van der Waals surface area (Å²) in [7, 11) is 0. The summed E-state index contributed by atoms with van der Waals surface area (Å²) in [5.41, 5.74) is 25.8. The zero-order valence-corrected chi connectivity index (χ0v) is 47.6. The molecule has 3 heteroatoms. The van der Waals surface area contributed by atoms with Crippen LogP contribution >= 0.6 is 0 Å². The Morgan fingerprint density at radius 1 is 0.514 bits per heavy atom. The van der Waals surface area contributed by atoms with Crippen LogP contribution in [-0.2, 0) is 49.7 Å². The minimum absolute atomic E-state index is 0.0271. The highest BCUT2D eigenvalue weighted by Gasteiger charge is 2.52. The summed E-state index contributed by atoms with van der Waals surface area (Å²) in [5.74, 6) is 1.17. The number of rotatable bonds is 4. The van der Waals surface area contributed by atoms with Crippen LogP contribution in [0.25, 0.3) is 22.8 Å². The maximum Gasteiger partial charge on any atom is 0.293 e. The van der Waals surface area contributed by atoms with E-state index in [-0.39, 0.29) is 50.0 Å². The van der Waals surface area contributed by atoms with Crippen LogP contribution in [-0.4, -0.2) is 6.71 Å². The standard InChI is InChI=1S/C69H84BNO/c1-62(2,3)46-25-27-55(49(38-46)43-22-20-19-21-23-43)71-56-39-47(63(4,5)6)37-45-36-44(34-42-24-26-50-51(35-42)65(9,10)29-28-64(50,7)8)48-40-52-53(67(13,14)31-30-66(52,11)12)41-54(48)70(58(45)56)61-59(71)57-60(72-61)69(17,18)33-32-68(57,15)16/h19-27,35-41H,28-34H2,1-18H3. The van der Waals surface area contributed by atoms with Crippen molar-refractivity contribution >= 4 is 52.0 Å². The summed E-state index contributed by atoms with van der Waals surface area (Å²) >= 11 is 0. The third-order valence-electron chi connectivity index (χ3n) is 19.2. The van der Waals surface area contributed by atoms with Crippen LogP contribution in [0, 0.1) is 0 Å². The lowest BCUT2D eigenvalue weighted by Gasteiger charge is -2.44. The van der Waals surface area contributed by atoms with Gasteiger partial charge in [0.25, 0.3) is 6.71 Å². The van der Waals surface area contributed by atoms with Crippen molar-refractivity contribution in [3.63, 3.8) is 0 Å². The molecule has 5 aliphatic rings. The van der Waals surface area contributed by atoms with Gasteiger partial charge >= 0.3 is 0 Å². The number of benzene rings is 5. The van der Waals surface area contributed by atoms with E-state index < -0.39 is 0 Å². The van der Waals surface area contributed by atoms with E-state index in [1.54, 1.807) is 0 Å². The van der Waals surface area contributed by atoms with Gasteiger partial charge in [-0.2, -0.15) is 0 Å². The highest BCUT2D eigenvalue weighted by atomic mass is 16.3. The third-order valence-corrected chi connectivity index (χ3v) is 19.2. The largest absolute Gasteiger partial charge is 0.472 e. The van der Waals surface area contributed by atoms with Crippen LogP contribution in [0.15, 0.2) is 95.4 Å². The van der Waals surface area contributed by atoms with Crippen LogP contribution in [0.1, 0.15) is 225 Å². The lowest BCUT2D eigenvalue weighted by molar-refractivity contribution is 0.282. The van der Waals surface area contributed by atoms with E-state index >= 15 is 0 Å². The molecule has 0 radical (unpaired) electrons. The molecule has 374 valence electrons. The second-order valence-corrected chi connectivity index (χ2v) is 29.4. The first-order valence-electron chi connectivity index (χ1n) is 27.8. The Balaban J connectivity index is 1.29. The Morgan fingerprint density at radius 3 is 1.71 bits per heavy atom. The van der Waals surface area contributed by atoms with Crippen LogP contribution in [0.5, 0.6) is 0 Å². The fraction of sp³-hybridized carbons (Fsp3) is 0.478. The van der Waals surface area contributed by atoms with Gasteiger partial charge in [-0.1, -0.05) is 209 Å². The number of anilines is 3. The van der Waals surface area contributed by atoms with Gasteiger partial charge in [0, 0.05) is 22.2 Å². The molecule has 2 aliphatic heterocycles. The quantitative estimate of drug-likeness (QED) is 0.164. The molecular weight excluding hydrogens is 870 g/mol. The Bertz CT molecular complexity index is 3240. The predicted molar refractivity (Wildman–Crippen MR) is 311 cm³/mol. The number of allylic oxidation sites excluding steroid dienone is 1. The smallest absolute Gasteiger partial charge is 0.293 e. The van der Waals surface area contributed by atoms with Crippen molar-refractivity contribution in [2.75, 3.05) is 4.90 Å². The van der Waals surface area contributed by atoms with E-state index in [9.17, 15) is 0 Å². The summed E-state index contributed by atoms with van der Waals surface area (Å²) in [6.07, 6.45) is 10.5. The first kappa shape index (κ1) is 49.2. The minimum Gasteiger partial charge on any atom is -0.472 e. The lowest BCUT2D eigenvalue weighted by Crippen LogP contribution is -2.58. The molecule has 3 heterocycles. The summed E-state index contributed by atoms with van der Waals surface area (Å²) in [6, 6.07) is 36.7. The molecule has 0 amide bonds. The molecule has 1 aromatic heterocycles. The van der Waals surface area contributed by atoms with E-state index in [2.05, 4.69) is 227 Å². The summed E-state index contributed by atoms with van der Waals surface area (Å²) < 4.78 is 7.94. The van der Waals surface area contributed by atoms with Crippen molar-refractivity contribution in [2.45, 2.75) is 213 Å². The molecule has 6 aromatic rings. The normalized spacial score (nSPS) is 20.5. The molecule has 3 aliphatic carbocycles. The van der Waals surface area contributed by atoms with Crippen LogP contribution < -0.4 is 21.5 Å². The number of nitrogens with zero attached hydrogens (tertiary/aromatic N) is 1. The van der Waals surface area contributed by atoms with Gasteiger partial charge < -0.3 is 9.32 Å². The molecule has 5 aromatic carbocycles. The number of hydrogen-bond donors (Lipinski definition) is 0. The topological polar surface area (TPSA) is 16.4 Å². The zero-order chi connectivity index (χ0) is 51.7. The van der Waals surface area contributed by atoms with Gasteiger partial charge in [0.1, 0.15) is 5.76 Å². The SMILES string of the molecule is CC(C)(C)c1ccc(N2c3cc(C(C)(C)C)cc4c3B(c3cc5c(cc3C(Cc3ccc6c(c3)C(C)(C)CCC6(C)C)=C4)C(C)(C)CCC5(C)C)c3oc4c(c32)C(C)(C)CCC4(C)C)c(-c2ccccc2)c1. The first-order chi connectivity index (χ1) is 33.4. The molecule has 0 N–H and O–H groups in total. The fourth-order valence-electron chi connectivity index (χ4n) is 13.9.